The molecule has 0 radical (unpaired) electrons. The first kappa shape index (κ1) is 14.9. The third kappa shape index (κ3) is 2.81. The monoisotopic (exact) mass is 345 g/mol. The van der Waals surface area contributed by atoms with Gasteiger partial charge in [-0.25, -0.2) is 0 Å². The van der Waals surface area contributed by atoms with Crippen molar-refractivity contribution >= 4 is 39.0 Å². The molecule has 0 aliphatic rings. The topological polar surface area (TPSA) is 60.2 Å². The van der Waals surface area contributed by atoms with E-state index in [0.29, 0.717) is 6.07 Å². The maximum absolute atomic E-state index is 12.6. The molecule has 0 aromatic heterocycles. The Kier molecular flexibility index (Phi) is 4.33. The van der Waals surface area contributed by atoms with E-state index in [9.17, 15) is 28.1 Å². The van der Waals surface area contributed by atoms with Crippen LogP contribution in [-0.2, 0) is 6.18 Å². The summed E-state index contributed by atoms with van der Waals surface area (Å²) >= 11 is 8.03. The van der Waals surface area contributed by atoms with E-state index in [1.807, 2.05) is 0 Å². The lowest BCUT2D eigenvalue weighted by Crippen LogP contribution is -2.14. The van der Waals surface area contributed by atoms with Gasteiger partial charge >= 0.3 is 6.18 Å². The van der Waals surface area contributed by atoms with Gasteiger partial charge in [-0.05, 0) is 28.1 Å². The van der Waals surface area contributed by atoms with Crippen LogP contribution in [-0.4, -0.2) is 16.6 Å². The van der Waals surface area contributed by atoms with E-state index in [-0.39, 0.29) is 4.47 Å². The lowest BCUT2D eigenvalue weighted by molar-refractivity contribution is -0.388. The van der Waals surface area contributed by atoms with E-state index in [4.69, 9.17) is 11.6 Å². The average molecular weight is 346 g/mol. The summed E-state index contributed by atoms with van der Waals surface area (Å²) in [5, 5.41) is 10.8. The van der Waals surface area contributed by atoms with Gasteiger partial charge in [0.25, 0.3) is 5.69 Å². The van der Waals surface area contributed by atoms with Crippen LogP contribution in [0.25, 0.3) is 0 Å². The van der Waals surface area contributed by atoms with E-state index >= 15 is 0 Å². The van der Waals surface area contributed by atoms with Crippen molar-refractivity contribution in [3.8, 4) is 0 Å². The molecule has 0 aliphatic carbocycles. The number of carbonyl (C=O) groups excluding carboxylic acids is 1. The first-order chi connectivity index (χ1) is 8.20. The molecule has 0 bridgehead atoms. The zero-order valence-corrected chi connectivity index (χ0v) is 10.8. The fourth-order valence-corrected chi connectivity index (χ4v) is 1.99. The minimum Gasteiger partial charge on any atom is -0.293 e. The van der Waals surface area contributed by atoms with Gasteiger partial charge in [-0.2, -0.15) is 13.2 Å². The van der Waals surface area contributed by atoms with Crippen molar-refractivity contribution in [2.24, 2.45) is 0 Å². The summed E-state index contributed by atoms with van der Waals surface area (Å²) < 4.78 is 37.8. The molecule has 0 saturated carbocycles. The number of nitro groups is 1. The SMILES string of the molecule is O=C(CCl)c1c(Br)ccc(C(F)(F)F)c1[N+](=O)[O-]. The predicted molar refractivity (Wildman–Crippen MR) is 60.8 cm³/mol. The first-order valence-electron chi connectivity index (χ1n) is 4.33. The van der Waals surface area contributed by atoms with Crippen LogP contribution in [0.5, 0.6) is 0 Å². The highest BCUT2D eigenvalue weighted by Gasteiger charge is 2.41. The van der Waals surface area contributed by atoms with Gasteiger partial charge in [0, 0.05) is 4.47 Å². The molecule has 1 aromatic rings. The Hall–Kier alpha value is -1.15. The van der Waals surface area contributed by atoms with Crippen LogP contribution in [0.3, 0.4) is 0 Å². The maximum atomic E-state index is 12.6. The lowest BCUT2D eigenvalue weighted by atomic mass is 10.0. The Morgan fingerprint density at radius 1 is 1.44 bits per heavy atom. The molecular formula is C9H4BrClF3NO3. The smallest absolute Gasteiger partial charge is 0.293 e. The molecular weight excluding hydrogens is 342 g/mol. The minimum absolute atomic E-state index is 0.104. The molecule has 4 nitrogen and oxygen atoms in total. The maximum Gasteiger partial charge on any atom is 0.423 e. The number of alkyl halides is 4. The molecule has 0 fully saturated rings. The fraction of sp³-hybridized carbons (Fsp3) is 0.222. The largest absolute Gasteiger partial charge is 0.423 e. The minimum atomic E-state index is -4.93. The van der Waals surface area contributed by atoms with Crippen LogP contribution in [0.4, 0.5) is 18.9 Å². The summed E-state index contributed by atoms with van der Waals surface area (Å²) in [6.45, 7) is 0. The zero-order chi connectivity index (χ0) is 14.1. The molecule has 98 valence electrons. The number of benzene rings is 1. The van der Waals surface area contributed by atoms with Crippen molar-refractivity contribution < 1.29 is 22.9 Å². The Morgan fingerprint density at radius 2 is 2.00 bits per heavy atom. The number of nitrogens with zero attached hydrogens (tertiary/aromatic N) is 1. The molecule has 18 heavy (non-hydrogen) atoms. The van der Waals surface area contributed by atoms with Crippen LogP contribution in [0.15, 0.2) is 16.6 Å². The second-order valence-corrected chi connectivity index (χ2v) is 4.25. The highest BCUT2D eigenvalue weighted by atomic mass is 79.9. The van der Waals surface area contributed by atoms with Crippen LogP contribution < -0.4 is 0 Å². The molecule has 0 atom stereocenters. The van der Waals surface area contributed by atoms with Gasteiger partial charge in [-0.15, -0.1) is 11.6 Å². The third-order valence-corrected chi connectivity index (χ3v) is 2.92. The molecule has 0 saturated heterocycles. The Labute approximate surface area is 112 Å². The van der Waals surface area contributed by atoms with Crippen LogP contribution in [0, 0.1) is 10.1 Å². The van der Waals surface area contributed by atoms with E-state index in [2.05, 4.69) is 15.9 Å². The number of nitro benzene ring substituents is 1. The summed E-state index contributed by atoms with van der Waals surface area (Å²) in [6.07, 6.45) is -4.93. The second-order valence-electron chi connectivity index (χ2n) is 3.13. The summed E-state index contributed by atoms with van der Waals surface area (Å²) in [5.41, 5.74) is -3.45. The number of halogens is 5. The van der Waals surface area contributed by atoms with Gasteiger partial charge in [0.05, 0.1) is 10.8 Å². The fourth-order valence-electron chi connectivity index (χ4n) is 1.32. The Balaban J connectivity index is 3.69. The molecule has 0 amide bonds. The van der Waals surface area contributed by atoms with Gasteiger partial charge in [0.15, 0.2) is 5.78 Å². The average Bonchev–Trinajstić information content (AvgIpc) is 2.25. The Morgan fingerprint density at radius 3 is 2.39 bits per heavy atom. The van der Waals surface area contributed by atoms with Crippen molar-refractivity contribution in [1.29, 1.82) is 0 Å². The van der Waals surface area contributed by atoms with Gasteiger partial charge in [0.2, 0.25) is 0 Å². The quantitative estimate of drug-likeness (QED) is 0.362. The van der Waals surface area contributed by atoms with E-state index in [1.54, 1.807) is 0 Å². The van der Waals surface area contributed by atoms with E-state index < -0.39 is 39.6 Å². The number of hydrogen-bond donors (Lipinski definition) is 0. The highest BCUT2D eigenvalue weighted by molar-refractivity contribution is 9.10. The molecule has 0 aliphatic heterocycles. The molecule has 0 heterocycles. The molecule has 1 rings (SSSR count). The first-order valence-corrected chi connectivity index (χ1v) is 5.66. The predicted octanol–water partition coefficient (Wildman–Crippen LogP) is 3.80. The summed E-state index contributed by atoms with van der Waals surface area (Å²) in [4.78, 5) is 20.9. The number of hydrogen-bond acceptors (Lipinski definition) is 3. The van der Waals surface area contributed by atoms with Crippen molar-refractivity contribution in [1.82, 2.24) is 0 Å². The normalized spacial score (nSPS) is 11.4. The summed E-state index contributed by atoms with van der Waals surface area (Å²) in [5.74, 6) is -1.61. The Bertz CT molecular complexity index is 519. The van der Waals surface area contributed by atoms with Gasteiger partial charge in [-0.1, -0.05) is 0 Å². The van der Waals surface area contributed by atoms with Crippen molar-refractivity contribution in [3.63, 3.8) is 0 Å². The van der Waals surface area contributed by atoms with Crippen LogP contribution >= 0.6 is 27.5 Å². The van der Waals surface area contributed by atoms with Gasteiger partial charge in [0.1, 0.15) is 11.1 Å². The zero-order valence-electron chi connectivity index (χ0n) is 8.42. The summed E-state index contributed by atoms with van der Waals surface area (Å²) in [6, 6.07) is 1.46. The number of carbonyl (C=O) groups is 1. The number of rotatable bonds is 3. The van der Waals surface area contributed by atoms with Crippen LogP contribution in [0.1, 0.15) is 15.9 Å². The van der Waals surface area contributed by atoms with Gasteiger partial charge < -0.3 is 0 Å². The summed E-state index contributed by atoms with van der Waals surface area (Å²) in [7, 11) is 0. The third-order valence-electron chi connectivity index (χ3n) is 2.02. The molecule has 1 aromatic carbocycles. The number of ketones is 1. The highest BCUT2D eigenvalue weighted by Crippen LogP contribution is 2.40. The van der Waals surface area contributed by atoms with Crippen LogP contribution in [0.2, 0.25) is 0 Å². The molecule has 0 spiro atoms. The molecule has 0 unspecified atom stereocenters. The van der Waals surface area contributed by atoms with Gasteiger partial charge in [-0.3, -0.25) is 14.9 Å². The van der Waals surface area contributed by atoms with E-state index in [1.165, 1.54) is 0 Å². The number of Topliss-reactive ketones (excluding diaryl/α,β-unsaturated/α-hetero) is 1. The van der Waals surface area contributed by atoms with Crippen molar-refractivity contribution in [3.05, 3.63) is 37.8 Å². The molecule has 9 heteroatoms. The van der Waals surface area contributed by atoms with E-state index in [0.717, 1.165) is 6.07 Å². The lowest BCUT2D eigenvalue weighted by Gasteiger charge is -2.10. The second kappa shape index (κ2) is 5.23. The van der Waals surface area contributed by atoms with Crippen molar-refractivity contribution in [2.45, 2.75) is 6.18 Å². The van der Waals surface area contributed by atoms with Crippen molar-refractivity contribution in [2.75, 3.05) is 5.88 Å². The molecule has 0 N–H and O–H groups in total. The standard InChI is InChI=1S/C9H4BrClF3NO3/c10-5-2-1-4(9(12,13)14)8(15(17)18)7(5)6(16)3-11/h1-2H,3H2.